The van der Waals surface area contributed by atoms with Crippen LogP contribution in [0.1, 0.15) is 12.8 Å². The molecule has 1 atom stereocenters. The van der Waals surface area contributed by atoms with Crippen molar-refractivity contribution in [2.75, 3.05) is 19.8 Å². The molecule has 0 bridgehead atoms. The van der Waals surface area contributed by atoms with Gasteiger partial charge in [0.15, 0.2) is 0 Å². The van der Waals surface area contributed by atoms with Crippen LogP contribution in [0.15, 0.2) is 32.0 Å². The smallest absolute Gasteiger partial charge is 0.241 e. The summed E-state index contributed by atoms with van der Waals surface area (Å²) in [6, 6.07) is 5.01. The first-order valence-electron chi connectivity index (χ1n) is 6.01. The van der Waals surface area contributed by atoms with E-state index < -0.39 is 10.0 Å². The maximum Gasteiger partial charge on any atom is 0.241 e. The highest BCUT2D eigenvalue weighted by atomic mass is 79.9. The van der Waals surface area contributed by atoms with Gasteiger partial charge in [-0.1, -0.05) is 15.9 Å². The molecule has 0 spiro atoms. The molecule has 1 fully saturated rings. The number of hydrogen-bond donors (Lipinski definition) is 1. The van der Waals surface area contributed by atoms with Gasteiger partial charge in [-0.15, -0.1) is 0 Å². The van der Waals surface area contributed by atoms with E-state index in [4.69, 9.17) is 4.74 Å². The maximum atomic E-state index is 12.2. The first-order valence-corrected chi connectivity index (χ1v) is 9.08. The lowest BCUT2D eigenvalue weighted by molar-refractivity contribution is 0.0568. The highest BCUT2D eigenvalue weighted by molar-refractivity contribution is 9.11. The maximum absolute atomic E-state index is 12.2. The Morgan fingerprint density at radius 2 is 2.16 bits per heavy atom. The summed E-state index contributed by atoms with van der Waals surface area (Å²) in [5.74, 6) is 0.262. The Balaban J connectivity index is 2.05. The second-order valence-electron chi connectivity index (χ2n) is 4.51. The van der Waals surface area contributed by atoms with Gasteiger partial charge in [0.1, 0.15) is 0 Å². The summed E-state index contributed by atoms with van der Waals surface area (Å²) in [6.45, 7) is 1.83. The number of halogens is 2. The molecular formula is C12H15Br2NO3S. The molecule has 0 aliphatic carbocycles. The fourth-order valence-corrected chi connectivity index (χ4v) is 4.83. The minimum Gasteiger partial charge on any atom is -0.381 e. The number of ether oxygens (including phenoxy) is 1. The molecule has 1 heterocycles. The SMILES string of the molecule is O=S(=O)(NCC1CCCOC1)c1ccc(Br)cc1Br. The van der Waals surface area contributed by atoms with Crippen LogP contribution in [0.5, 0.6) is 0 Å². The van der Waals surface area contributed by atoms with Crippen molar-refractivity contribution in [3.63, 3.8) is 0 Å². The molecule has 1 aromatic carbocycles. The Hall–Kier alpha value is 0.0500. The van der Waals surface area contributed by atoms with Crippen molar-refractivity contribution in [3.05, 3.63) is 27.1 Å². The average Bonchev–Trinajstić information content (AvgIpc) is 2.37. The Labute approximate surface area is 130 Å². The summed E-state index contributed by atoms with van der Waals surface area (Å²) in [5, 5.41) is 0. The molecule has 0 aromatic heterocycles. The standard InChI is InChI=1S/C12H15Br2NO3S/c13-10-3-4-12(11(14)6-10)19(16,17)15-7-9-2-1-5-18-8-9/h3-4,6,9,15H,1-2,5,7-8H2. The fourth-order valence-electron chi connectivity index (χ4n) is 1.97. The first-order chi connectivity index (χ1) is 8.99. The van der Waals surface area contributed by atoms with Gasteiger partial charge in [-0.3, -0.25) is 0 Å². The molecule has 106 valence electrons. The Bertz CT molecular complexity index is 542. The minimum absolute atomic E-state index is 0.257. The molecule has 0 amide bonds. The molecule has 0 radical (unpaired) electrons. The summed E-state index contributed by atoms with van der Waals surface area (Å²) < 4.78 is 33.8. The molecule has 19 heavy (non-hydrogen) atoms. The third-order valence-electron chi connectivity index (χ3n) is 3.00. The van der Waals surface area contributed by atoms with E-state index in [1.807, 2.05) is 0 Å². The summed E-state index contributed by atoms with van der Waals surface area (Å²) in [5.41, 5.74) is 0. The zero-order valence-electron chi connectivity index (χ0n) is 10.2. The second kappa shape index (κ2) is 6.67. The van der Waals surface area contributed by atoms with Gasteiger partial charge in [0.25, 0.3) is 0 Å². The van der Waals surface area contributed by atoms with Gasteiger partial charge in [-0.25, -0.2) is 13.1 Å². The fraction of sp³-hybridized carbons (Fsp3) is 0.500. The lowest BCUT2D eigenvalue weighted by atomic mass is 10.0. The van der Waals surface area contributed by atoms with Gasteiger partial charge < -0.3 is 4.74 Å². The number of rotatable bonds is 4. The largest absolute Gasteiger partial charge is 0.381 e. The highest BCUT2D eigenvalue weighted by Gasteiger charge is 2.21. The number of hydrogen-bond acceptors (Lipinski definition) is 3. The van der Waals surface area contributed by atoms with E-state index >= 15 is 0 Å². The number of benzene rings is 1. The van der Waals surface area contributed by atoms with Crippen molar-refractivity contribution >= 4 is 41.9 Å². The molecule has 7 heteroatoms. The molecule has 1 unspecified atom stereocenters. The van der Waals surface area contributed by atoms with Crippen LogP contribution >= 0.6 is 31.9 Å². The van der Waals surface area contributed by atoms with Crippen molar-refractivity contribution in [1.82, 2.24) is 4.72 Å². The number of nitrogens with one attached hydrogen (secondary N) is 1. The van der Waals surface area contributed by atoms with Gasteiger partial charge in [-0.05, 0) is 52.9 Å². The van der Waals surface area contributed by atoms with Crippen LogP contribution in [-0.2, 0) is 14.8 Å². The van der Waals surface area contributed by atoms with E-state index in [1.54, 1.807) is 18.2 Å². The molecule has 4 nitrogen and oxygen atoms in total. The zero-order chi connectivity index (χ0) is 13.9. The summed E-state index contributed by atoms with van der Waals surface area (Å²) >= 11 is 6.58. The van der Waals surface area contributed by atoms with E-state index in [0.29, 0.717) is 17.6 Å². The van der Waals surface area contributed by atoms with Gasteiger partial charge in [-0.2, -0.15) is 0 Å². The zero-order valence-corrected chi connectivity index (χ0v) is 14.2. The summed E-state index contributed by atoms with van der Waals surface area (Å²) in [6.07, 6.45) is 2.00. The molecule has 1 aromatic rings. The summed E-state index contributed by atoms with van der Waals surface area (Å²) in [4.78, 5) is 0.257. The highest BCUT2D eigenvalue weighted by Crippen LogP contribution is 2.25. The number of sulfonamides is 1. The summed E-state index contributed by atoms with van der Waals surface area (Å²) in [7, 11) is -3.48. The van der Waals surface area contributed by atoms with Crippen molar-refractivity contribution in [2.24, 2.45) is 5.92 Å². The predicted molar refractivity (Wildman–Crippen MR) is 80.6 cm³/mol. The van der Waals surface area contributed by atoms with E-state index in [9.17, 15) is 8.42 Å². The normalized spacial score (nSPS) is 20.4. The van der Waals surface area contributed by atoms with Crippen molar-refractivity contribution < 1.29 is 13.2 Å². The topological polar surface area (TPSA) is 55.4 Å². The molecule has 2 rings (SSSR count). The van der Waals surface area contributed by atoms with E-state index in [-0.39, 0.29) is 10.8 Å². The van der Waals surface area contributed by atoms with Gasteiger partial charge >= 0.3 is 0 Å². The van der Waals surface area contributed by atoms with Gasteiger partial charge in [0, 0.05) is 22.1 Å². The molecule has 0 saturated carbocycles. The van der Waals surface area contributed by atoms with E-state index in [1.165, 1.54) is 0 Å². The van der Waals surface area contributed by atoms with E-state index in [0.717, 1.165) is 23.9 Å². The Morgan fingerprint density at radius 3 is 2.79 bits per heavy atom. The van der Waals surface area contributed by atoms with Crippen LogP contribution in [0.4, 0.5) is 0 Å². The van der Waals surface area contributed by atoms with Crippen molar-refractivity contribution in [1.29, 1.82) is 0 Å². The lowest BCUT2D eigenvalue weighted by Gasteiger charge is -2.22. The Kier molecular flexibility index (Phi) is 5.42. The van der Waals surface area contributed by atoms with Crippen LogP contribution in [0.3, 0.4) is 0 Å². The third-order valence-corrected chi connectivity index (χ3v) is 5.89. The molecule has 1 aliphatic heterocycles. The molecule has 1 N–H and O–H groups in total. The third kappa shape index (κ3) is 4.26. The lowest BCUT2D eigenvalue weighted by Crippen LogP contribution is -2.33. The van der Waals surface area contributed by atoms with Crippen molar-refractivity contribution in [3.8, 4) is 0 Å². The van der Waals surface area contributed by atoms with Gasteiger partial charge in [0.05, 0.1) is 11.5 Å². The molecule has 1 saturated heterocycles. The average molecular weight is 413 g/mol. The molecule has 1 aliphatic rings. The van der Waals surface area contributed by atoms with Gasteiger partial charge in [0.2, 0.25) is 10.0 Å². The van der Waals surface area contributed by atoms with Crippen LogP contribution in [0, 0.1) is 5.92 Å². The minimum atomic E-state index is -3.48. The van der Waals surface area contributed by atoms with Crippen LogP contribution < -0.4 is 4.72 Å². The predicted octanol–water partition coefficient (Wildman–Crippen LogP) is 2.92. The quantitative estimate of drug-likeness (QED) is 0.827. The van der Waals surface area contributed by atoms with E-state index in [2.05, 4.69) is 36.6 Å². The second-order valence-corrected chi connectivity index (χ2v) is 8.02. The monoisotopic (exact) mass is 411 g/mol. The van der Waals surface area contributed by atoms with Crippen molar-refractivity contribution in [2.45, 2.75) is 17.7 Å². The van der Waals surface area contributed by atoms with Crippen LogP contribution in [-0.4, -0.2) is 28.2 Å². The van der Waals surface area contributed by atoms with Crippen LogP contribution in [0.2, 0.25) is 0 Å². The molecular weight excluding hydrogens is 398 g/mol. The Morgan fingerprint density at radius 1 is 1.37 bits per heavy atom. The van der Waals surface area contributed by atoms with Crippen LogP contribution in [0.25, 0.3) is 0 Å². The first kappa shape index (κ1) is 15.4.